The Kier molecular flexibility index (Phi) is 5.56. The molecule has 7 heteroatoms. The van der Waals surface area contributed by atoms with E-state index in [2.05, 4.69) is 4.74 Å². The fourth-order valence-corrected chi connectivity index (χ4v) is 1.45. The predicted octanol–water partition coefficient (Wildman–Crippen LogP) is 2.61. The van der Waals surface area contributed by atoms with Gasteiger partial charge in [0, 0.05) is 5.56 Å². The maximum atomic E-state index is 12.6. The van der Waals surface area contributed by atoms with Crippen LogP contribution >= 0.6 is 0 Å². The van der Waals surface area contributed by atoms with Crippen molar-refractivity contribution in [2.24, 2.45) is 5.73 Å². The van der Waals surface area contributed by atoms with Crippen LogP contribution in [-0.2, 0) is 4.74 Å². The zero-order chi connectivity index (χ0) is 14.5. The molecule has 1 aromatic carbocycles. The molecule has 0 aromatic heterocycles. The molecule has 108 valence electrons. The van der Waals surface area contributed by atoms with Crippen LogP contribution in [0.15, 0.2) is 24.3 Å². The average molecular weight is 281 g/mol. The molecule has 1 rings (SSSR count). The molecular formula is C12H15F4NO2. The fraction of sp³-hybridized carbons (Fsp3) is 0.500. The Labute approximate surface area is 108 Å². The number of halogens is 4. The molecule has 2 N–H and O–H groups in total. The van der Waals surface area contributed by atoms with E-state index in [-0.39, 0.29) is 6.61 Å². The second-order valence-electron chi connectivity index (χ2n) is 3.93. The summed E-state index contributed by atoms with van der Waals surface area (Å²) in [6.45, 7) is -1.67. The number of hydrogen-bond acceptors (Lipinski definition) is 3. The zero-order valence-corrected chi connectivity index (χ0v) is 10.3. The van der Waals surface area contributed by atoms with Crippen molar-refractivity contribution in [3.8, 4) is 5.75 Å². The molecule has 1 unspecified atom stereocenters. The normalized spacial score (nSPS) is 13.6. The number of alkyl halides is 4. The molecule has 0 saturated heterocycles. The van der Waals surface area contributed by atoms with Crippen LogP contribution in [0, 0.1) is 0 Å². The van der Waals surface area contributed by atoms with Crippen LogP contribution in [0.2, 0.25) is 0 Å². The lowest BCUT2D eigenvalue weighted by atomic mass is 10.1. The molecule has 0 aliphatic heterocycles. The monoisotopic (exact) mass is 281 g/mol. The van der Waals surface area contributed by atoms with E-state index in [1.165, 1.54) is 7.11 Å². The van der Waals surface area contributed by atoms with Crippen molar-refractivity contribution in [2.45, 2.75) is 18.4 Å². The van der Waals surface area contributed by atoms with Crippen molar-refractivity contribution in [1.82, 2.24) is 0 Å². The third-order valence-corrected chi connectivity index (χ3v) is 2.45. The minimum absolute atomic E-state index is 0.303. The molecule has 0 radical (unpaired) electrons. The molecule has 1 aromatic rings. The Morgan fingerprint density at radius 2 is 1.89 bits per heavy atom. The molecule has 0 fully saturated rings. The molecule has 0 aliphatic rings. The van der Waals surface area contributed by atoms with Crippen LogP contribution in [0.4, 0.5) is 17.6 Å². The number of hydrogen-bond donors (Lipinski definition) is 1. The Balaban J connectivity index is 2.54. The lowest BCUT2D eigenvalue weighted by Gasteiger charge is -2.19. The molecule has 0 heterocycles. The highest BCUT2D eigenvalue weighted by atomic mass is 19.3. The summed E-state index contributed by atoms with van der Waals surface area (Å²) in [6.07, 6.45) is -3.75. The third kappa shape index (κ3) is 4.36. The first-order valence-electron chi connectivity index (χ1n) is 5.50. The van der Waals surface area contributed by atoms with Gasteiger partial charge in [0.25, 0.3) is 0 Å². The van der Waals surface area contributed by atoms with Gasteiger partial charge in [-0.2, -0.15) is 8.78 Å². The molecule has 3 nitrogen and oxygen atoms in total. The summed E-state index contributed by atoms with van der Waals surface area (Å²) in [5.41, 5.74) is 6.30. The topological polar surface area (TPSA) is 44.5 Å². The first kappa shape index (κ1) is 15.7. The summed E-state index contributed by atoms with van der Waals surface area (Å²) < 4.78 is 58.6. The smallest absolute Gasteiger partial charge is 0.330 e. The van der Waals surface area contributed by atoms with Crippen LogP contribution < -0.4 is 10.5 Å². The zero-order valence-electron chi connectivity index (χ0n) is 10.3. The number of para-hydroxylation sites is 1. The van der Waals surface area contributed by atoms with Crippen molar-refractivity contribution in [2.75, 3.05) is 20.3 Å². The van der Waals surface area contributed by atoms with Crippen molar-refractivity contribution in [3.63, 3.8) is 0 Å². The molecular weight excluding hydrogens is 266 g/mol. The van der Waals surface area contributed by atoms with Gasteiger partial charge in [-0.3, -0.25) is 0 Å². The number of rotatable bonds is 7. The molecule has 19 heavy (non-hydrogen) atoms. The fourth-order valence-electron chi connectivity index (χ4n) is 1.45. The van der Waals surface area contributed by atoms with Gasteiger partial charge >= 0.3 is 12.3 Å². The van der Waals surface area contributed by atoms with E-state index >= 15 is 0 Å². The first-order valence-corrected chi connectivity index (χ1v) is 5.50. The quantitative estimate of drug-likeness (QED) is 0.781. The lowest BCUT2D eigenvalue weighted by molar-refractivity contribution is -0.166. The second kappa shape index (κ2) is 6.72. The Morgan fingerprint density at radius 1 is 1.26 bits per heavy atom. The predicted molar refractivity (Wildman–Crippen MR) is 61.7 cm³/mol. The maximum absolute atomic E-state index is 12.6. The summed E-state index contributed by atoms with van der Waals surface area (Å²) in [6, 6.07) is 6.00. The van der Waals surface area contributed by atoms with Gasteiger partial charge in [-0.05, 0) is 6.07 Å². The summed E-state index contributed by atoms with van der Waals surface area (Å²) >= 11 is 0. The Morgan fingerprint density at radius 3 is 2.47 bits per heavy atom. The van der Waals surface area contributed by atoms with Gasteiger partial charge in [0.1, 0.15) is 12.4 Å². The summed E-state index contributed by atoms with van der Waals surface area (Å²) in [7, 11) is 1.44. The highest BCUT2D eigenvalue weighted by molar-refractivity contribution is 5.35. The summed E-state index contributed by atoms with van der Waals surface area (Å²) in [5.74, 6) is -3.68. The van der Waals surface area contributed by atoms with Gasteiger partial charge in [-0.25, -0.2) is 8.78 Å². The van der Waals surface area contributed by atoms with Crippen LogP contribution in [0.1, 0.15) is 11.6 Å². The second-order valence-corrected chi connectivity index (χ2v) is 3.93. The van der Waals surface area contributed by atoms with Crippen LogP contribution in [0.3, 0.4) is 0 Å². The van der Waals surface area contributed by atoms with Gasteiger partial charge < -0.3 is 15.2 Å². The van der Waals surface area contributed by atoms with Crippen molar-refractivity contribution < 1.29 is 27.0 Å². The number of methoxy groups -OCH3 is 1. The maximum Gasteiger partial charge on any atom is 0.330 e. The summed E-state index contributed by atoms with van der Waals surface area (Å²) in [4.78, 5) is 0. The average Bonchev–Trinajstić information content (AvgIpc) is 2.38. The van der Waals surface area contributed by atoms with Crippen LogP contribution in [0.25, 0.3) is 0 Å². The standard InChI is InChI=1S/C12H15F4NO2/c1-18-10-5-3-2-4-8(10)9(17)6-19-7-12(15,16)11(13)14/h2-5,9,11H,6-7,17H2,1H3. The lowest BCUT2D eigenvalue weighted by Crippen LogP contribution is -2.33. The van der Waals surface area contributed by atoms with Crippen LogP contribution in [0.5, 0.6) is 5.75 Å². The van der Waals surface area contributed by atoms with Gasteiger partial charge in [0.05, 0.1) is 19.8 Å². The molecule has 0 bridgehead atoms. The Hall–Kier alpha value is -1.34. The minimum Gasteiger partial charge on any atom is -0.496 e. The highest BCUT2D eigenvalue weighted by Crippen LogP contribution is 2.25. The van der Waals surface area contributed by atoms with Gasteiger partial charge in [-0.15, -0.1) is 0 Å². The SMILES string of the molecule is COc1ccccc1C(N)COCC(F)(F)C(F)F. The van der Waals surface area contributed by atoms with E-state index in [4.69, 9.17) is 10.5 Å². The number of ether oxygens (including phenoxy) is 2. The van der Waals surface area contributed by atoms with E-state index < -0.39 is 25.0 Å². The van der Waals surface area contributed by atoms with Gasteiger partial charge in [-0.1, -0.05) is 18.2 Å². The van der Waals surface area contributed by atoms with E-state index in [1.807, 2.05) is 0 Å². The largest absolute Gasteiger partial charge is 0.496 e. The first-order chi connectivity index (χ1) is 8.88. The van der Waals surface area contributed by atoms with Crippen molar-refractivity contribution >= 4 is 0 Å². The van der Waals surface area contributed by atoms with E-state index in [1.54, 1.807) is 24.3 Å². The molecule has 0 spiro atoms. The highest BCUT2D eigenvalue weighted by Gasteiger charge is 2.41. The summed E-state index contributed by atoms with van der Waals surface area (Å²) in [5, 5.41) is 0. The number of benzene rings is 1. The number of nitrogens with two attached hydrogens (primary N) is 1. The van der Waals surface area contributed by atoms with E-state index in [9.17, 15) is 17.6 Å². The minimum atomic E-state index is -4.17. The van der Waals surface area contributed by atoms with Crippen molar-refractivity contribution in [1.29, 1.82) is 0 Å². The molecule has 0 amide bonds. The van der Waals surface area contributed by atoms with Crippen molar-refractivity contribution in [3.05, 3.63) is 29.8 Å². The molecule has 0 saturated carbocycles. The van der Waals surface area contributed by atoms with E-state index in [0.29, 0.717) is 11.3 Å². The molecule has 0 aliphatic carbocycles. The third-order valence-electron chi connectivity index (χ3n) is 2.45. The Bertz CT molecular complexity index is 401. The molecule has 1 atom stereocenters. The van der Waals surface area contributed by atoms with Gasteiger partial charge in [0.15, 0.2) is 0 Å². The van der Waals surface area contributed by atoms with E-state index in [0.717, 1.165) is 0 Å². The van der Waals surface area contributed by atoms with Crippen LogP contribution in [-0.4, -0.2) is 32.7 Å². The van der Waals surface area contributed by atoms with Gasteiger partial charge in [0.2, 0.25) is 0 Å².